The zero-order valence-electron chi connectivity index (χ0n) is 14.4. The number of amides is 1. The van der Waals surface area contributed by atoms with Crippen molar-refractivity contribution in [2.24, 2.45) is 17.3 Å². The maximum absolute atomic E-state index is 13.4. The van der Waals surface area contributed by atoms with Gasteiger partial charge in [-0.3, -0.25) is 4.79 Å². The normalized spacial score (nSPS) is 38.2. The van der Waals surface area contributed by atoms with Crippen molar-refractivity contribution in [3.63, 3.8) is 0 Å². The number of hydrogen-bond donors (Lipinski definition) is 0. The Bertz CT molecular complexity index is 644. The Morgan fingerprint density at radius 3 is 2.33 bits per heavy atom. The van der Waals surface area contributed by atoms with Crippen LogP contribution >= 0.6 is 11.6 Å². The smallest absolute Gasteiger partial charge is 0.229 e. The molecule has 1 aromatic rings. The zero-order chi connectivity index (χ0) is 17.1. The van der Waals surface area contributed by atoms with E-state index in [0.717, 1.165) is 37.7 Å². The maximum Gasteiger partial charge on any atom is 0.229 e. The Labute approximate surface area is 148 Å². The van der Waals surface area contributed by atoms with Crippen molar-refractivity contribution in [2.45, 2.75) is 56.4 Å². The highest BCUT2D eigenvalue weighted by Crippen LogP contribution is 2.64. The highest BCUT2D eigenvalue weighted by Gasteiger charge is 2.60. The van der Waals surface area contributed by atoms with E-state index >= 15 is 0 Å². The van der Waals surface area contributed by atoms with Crippen LogP contribution in [0.25, 0.3) is 0 Å². The second-order valence-electron chi connectivity index (χ2n) is 8.54. The van der Waals surface area contributed by atoms with E-state index in [1.807, 2.05) is 18.9 Å². The molecule has 0 N–H and O–H groups in total. The quantitative estimate of drug-likeness (QED) is 0.709. The molecule has 3 atom stereocenters. The van der Waals surface area contributed by atoms with Gasteiger partial charge in [0, 0.05) is 11.9 Å². The van der Waals surface area contributed by atoms with Gasteiger partial charge in [-0.1, -0.05) is 12.1 Å². The van der Waals surface area contributed by atoms with Gasteiger partial charge in [-0.25, -0.2) is 4.39 Å². The first kappa shape index (κ1) is 16.4. The van der Waals surface area contributed by atoms with E-state index in [1.54, 1.807) is 12.1 Å². The summed E-state index contributed by atoms with van der Waals surface area (Å²) < 4.78 is 13.2. The van der Waals surface area contributed by atoms with E-state index in [4.69, 9.17) is 11.6 Å². The molecule has 1 aromatic carbocycles. The van der Waals surface area contributed by atoms with Crippen LogP contribution in [0.15, 0.2) is 24.3 Å². The standard InChI is InChI=1S/C20H25ClFNO/c1-13(16-3-5-17(22)6-4-16)23(2)18(24)19-8-14-7-15(9-19)11-20(21,10-14)12-19/h3-6,13-15H,7-12H2,1-2H3. The molecule has 24 heavy (non-hydrogen) atoms. The number of carbonyl (C=O) groups is 1. The highest BCUT2D eigenvalue weighted by atomic mass is 35.5. The summed E-state index contributed by atoms with van der Waals surface area (Å²) >= 11 is 6.87. The lowest BCUT2D eigenvalue weighted by Gasteiger charge is -2.59. The average Bonchev–Trinajstić information content (AvgIpc) is 2.51. The lowest BCUT2D eigenvalue weighted by Crippen LogP contribution is -2.58. The number of halogens is 2. The van der Waals surface area contributed by atoms with Crippen molar-refractivity contribution in [1.82, 2.24) is 4.90 Å². The molecule has 4 fully saturated rings. The number of nitrogens with zero attached hydrogens (tertiary/aromatic N) is 1. The topological polar surface area (TPSA) is 20.3 Å². The minimum atomic E-state index is -0.269. The Morgan fingerprint density at radius 2 is 1.79 bits per heavy atom. The van der Waals surface area contributed by atoms with Crippen molar-refractivity contribution >= 4 is 17.5 Å². The van der Waals surface area contributed by atoms with Crippen LogP contribution in [0.5, 0.6) is 0 Å². The molecule has 130 valence electrons. The minimum absolute atomic E-state index is 0.0580. The van der Waals surface area contributed by atoms with Gasteiger partial charge >= 0.3 is 0 Å². The van der Waals surface area contributed by atoms with Gasteiger partial charge in [-0.2, -0.15) is 0 Å². The van der Waals surface area contributed by atoms with Crippen molar-refractivity contribution in [3.8, 4) is 0 Å². The molecular weight excluding hydrogens is 325 g/mol. The monoisotopic (exact) mass is 349 g/mol. The van der Waals surface area contributed by atoms with Gasteiger partial charge in [0.25, 0.3) is 0 Å². The fourth-order valence-electron chi connectivity index (χ4n) is 5.92. The number of benzene rings is 1. The first-order valence-corrected chi connectivity index (χ1v) is 9.40. The van der Waals surface area contributed by atoms with Crippen LogP contribution in [0.4, 0.5) is 4.39 Å². The Hall–Kier alpha value is -1.09. The number of hydrogen-bond acceptors (Lipinski definition) is 1. The molecule has 0 radical (unpaired) electrons. The Morgan fingerprint density at radius 1 is 1.21 bits per heavy atom. The molecule has 1 amide bonds. The second kappa shape index (κ2) is 5.45. The number of alkyl halides is 1. The van der Waals surface area contributed by atoms with Gasteiger partial charge < -0.3 is 4.90 Å². The number of rotatable bonds is 3. The van der Waals surface area contributed by atoms with Crippen LogP contribution < -0.4 is 0 Å². The molecule has 0 aliphatic heterocycles. The summed E-state index contributed by atoms with van der Waals surface area (Å²) in [6, 6.07) is 6.40. The van der Waals surface area contributed by atoms with Crippen molar-refractivity contribution in [1.29, 1.82) is 0 Å². The first-order chi connectivity index (χ1) is 11.3. The SMILES string of the molecule is CC(c1ccc(F)cc1)N(C)C(=O)C12CC3CC(CC(Cl)(C3)C1)C2. The number of carbonyl (C=O) groups excluding carboxylic acids is 1. The molecule has 4 aliphatic rings. The predicted octanol–water partition coefficient (Wildman–Crippen LogP) is 4.92. The first-order valence-electron chi connectivity index (χ1n) is 9.02. The van der Waals surface area contributed by atoms with Crippen molar-refractivity contribution in [3.05, 3.63) is 35.6 Å². The summed E-state index contributed by atoms with van der Waals surface area (Å²) in [7, 11) is 1.88. The predicted molar refractivity (Wildman–Crippen MR) is 93.3 cm³/mol. The van der Waals surface area contributed by atoms with Crippen LogP contribution in [0.3, 0.4) is 0 Å². The van der Waals surface area contributed by atoms with Crippen LogP contribution in [0.1, 0.15) is 57.1 Å². The molecule has 4 bridgehead atoms. The summed E-state index contributed by atoms with van der Waals surface area (Å²) in [4.78, 5) is 15.1. The lowest BCUT2D eigenvalue weighted by molar-refractivity contribution is -0.156. The van der Waals surface area contributed by atoms with E-state index in [2.05, 4.69) is 0 Å². The Balaban J connectivity index is 1.57. The van der Waals surface area contributed by atoms with E-state index in [0.29, 0.717) is 11.8 Å². The third-order valence-corrected chi connectivity index (χ3v) is 7.14. The lowest BCUT2D eigenvalue weighted by atomic mass is 9.49. The van der Waals surface area contributed by atoms with Gasteiger partial charge in [0.2, 0.25) is 5.91 Å². The van der Waals surface area contributed by atoms with Gasteiger partial charge in [0.1, 0.15) is 5.82 Å². The zero-order valence-corrected chi connectivity index (χ0v) is 15.2. The van der Waals surface area contributed by atoms with Crippen molar-refractivity contribution < 1.29 is 9.18 Å². The van der Waals surface area contributed by atoms with Crippen LogP contribution in [0, 0.1) is 23.1 Å². The molecule has 3 unspecified atom stereocenters. The molecule has 4 saturated carbocycles. The minimum Gasteiger partial charge on any atom is -0.339 e. The summed E-state index contributed by atoms with van der Waals surface area (Å²) in [6.07, 6.45) is 6.23. The third kappa shape index (κ3) is 2.56. The van der Waals surface area contributed by atoms with E-state index in [-0.39, 0.29) is 28.1 Å². The van der Waals surface area contributed by atoms with Gasteiger partial charge in [0.05, 0.1) is 11.5 Å². The van der Waals surface area contributed by atoms with Crippen molar-refractivity contribution in [2.75, 3.05) is 7.05 Å². The molecule has 0 heterocycles. The average molecular weight is 350 g/mol. The molecular formula is C20H25ClFNO. The fraction of sp³-hybridized carbons (Fsp3) is 0.650. The summed E-state index contributed by atoms with van der Waals surface area (Å²) in [6.45, 7) is 2.02. The maximum atomic E-state index is 13.4. The molecule has 5 rings (SSSR count). The summed E-state index contributed by atoms with van der Waals surface area (Å²) in [5.41, 5.74) is 0.701. The largest absolute Gasteiger partial charge is 0.339 e. The van der Waals surface area contributed by atoms with Gasteiger partial charge in [-0.05, 0) is 75.0 Å². The van der Waals surface area contributed by atoms with E-state index in [9.17, 15) is 9.18 Å². The van der Waals surface area contributed by atoms with Crippen LogP contribution in [-0.4, -0.2) is 22.7 Å². The molecule has 4 aliphatic carbocycles. The molecule has 0 spiro atoms. The fourth-order valence-corrected chi connectivity index (χ4v) is 6.61. The molecule has 0 aromatic heterocycles. The Kier molecular flexibility index (Phi) is 3.72. The van der Waals surface area contributed by atoms with Gasteiger partial charge in [-0.15, -0.1) is 11.6 Å². The summed E-state index contributed by atoms with van der Waals surface area (Å²) in [5, 5.41) is 0. The third-order valence-electron chi connectivity index (χ3n) is 6.70. The van der Waals surface area contributed by atoms with E-state index in [1.165, 1.54) is 18.6 Å². The second-order valence-corrected chi connectivity index (χ2v) is 9.34. The van der Waals surface area contributed by atoms with E-state index < -0.39 is 0 Å². The summed E-state index contributed by atoms with van der Waals surface area (Å²) in [5.74, 6) is 1.22. The highest BCUT2D eigenvalue weighted by molar-refractivity contribution is 6.24. The molecule has 4 heteroatoms. The van der Waals surface area contributed by atoms with Crippen LogP contribution in [-0.2, 0) is 4.79 Å². The molecule has 0 saturated heterocycles. The molecule has 2 nitrogen and oxygen atoms in total. The van der Waals surface area contributed by atoms with Gasteiger partial charge in [0.15, 0.2) is 0 Å². The van der Waals surface area contributed by atoms with Crippen LogP contribution in [0.2, 0.25) is 0 Å².